The fourth-order valence-electron chi connectivity index (χ4n) is 3.24. The molecule has 1 fully saturated rings. The first kappa shape index (κ1) is 21.2. The number of hydrogen-bond acceptors (Lipinski definition) is 4. The summed E-state index contributed by atoms with van der Waals surface area (Å²) in [6, 6.07) is 4.19. The number of likely N-dealkylation sites (N-methyl/N-ethyl adjacent to an activating group) is 1. The van der Waals surface area contributed by atoms with E-state index in [9.17, 15) is 22.8 Å². The lowest BCUT2D eigenvalue weighted by molar-refractivity contribution is -0.139. The lowest BCUT2D eigenvalue weighted by atomic mass is 10.0. The van der Waals surface area contributed by atoms with Gasteiger partial charge in [-0.1, -0.05) is 6.07 Å². The number of carbonyl (C=O) groups excluding carboxylic acids is 1. The van der Waals surface area contributed by atoms with Gasteiger partial charge in [0.25, 0.3) is 0 Å². The lowest BCUT2D eigenvalue weighted by Gasteiger charge is -2.38. The quantitative estimate of drug-likeness (QED) is 0.785. The zero-order valence-corrected chi connectivity index (χ0v) is 15.3. The standard InChI is InChI=1S/C18H24F3N3O3/c1-12(24-8-6-15(7-9-24)23(2)11-16(25)26)17(27)22-14-5-3-4-13(10-14)18(19,20)21/h3-5,10,12,15H,6-9,11H2,1-2H3,(H,22,27)(H,25,26). The van der Waals surface area contributed by atoms with Crippen molar-refractivity contribution in [2.75, 3.05) is 32.0 Å². The minimum Gasteiger partial charge on any atom is -0.480 e. The number of likely N-dealkylation sites (tertiary alicyclic amines) is 1. The number of halogens is 3. The molecule has 1 aliphatic rings. The molecule has 1 unspecified atom stereocenters. The van der Waals surface area contributed by atoms with Gasteiger partial charge in [0.05, 0.1) is 18.2 Å². The zero-order valence-electron chi connectivity index (χ0n) is 15.3. The van der Waals surface area contributed by atoms with E-state index in [0.29, 0.717) is 13.1 Å². The van der Waals surface area contributed by atoms with E-state index in [1.54, 1.807) is 18.9 Å². The van der Waals surface area contributed by atoms with E-state index in [0.717, 1.165) is 25.0 Å². The highest BCUT2D eigenvalue weighted by atomic mass is 19.4. The van der Waals surface area contributed by atoms with Crippen molar-refractivity contribution in [3.8, 4) is 0 Å². The molecule has 1 aromatic rings. The Morgan fingerprint density at radius 1 is 1.33 bits per heavy atom. The molecule has 150 valence electrons. The number of carboxylic acids is 1. The van der Waals surface area contributed by atoms with Gasteiger partial charge >= 0.3 is 12.1 Å². The fourth-order valence-corrected chi connectivity index (χ4v) is 3.24. The van der Waals surface area contributed by atoms with E-state index in [4.69, 9.17) is 5.11 Å². The largest absolute Gasteiger partial charge is 0.480 e. The first-order valence-corrected chi connectivity index (χ1v) is 8.72. The predicted octanol–water partition coefficient (Wildman–Crippen LogP) is 2.51. The average Bonchev–Trinajstić information content (AvgIpc) is 2.60. The van der Waals surface area contributed by atoms with Crippen LogP contribution in [0.5, 0.6) is 0 Å². The van der Waals surface area contributed by atoms with Gasteiger partial charge in [0.15, 0.2) is 0 Å². The molecule has 2 N–H and O–H groups in total. The number of rotatable bonds is 6. The second kappa shape index (κ2) is 8.71. The van der Waals surface area contributed by atoms with Gasteiger partial charge in [0.1, 0.15) is 0 Å². The molecule has 27 heavy (non-hydrogen) atoms. The van der Waals surface area contributed by atoms with Crippen LogP contribution < -0.4 is 5.32 Å². The van der Waals surface area contributed by atoms with Crippen molar-refractivity contribution in [2.24, 2.45) is 0 Å². The van der Waals surface area contributed by atoms with Gasteiger partial charge in [-0.05, 0) is 45.0 Å². The molecular weight excluding hydrogens is 363 g/mol. The van der Waals surface area contributed by atoms with E-state index in [2.05, 4.69) is 5.32 Å². The molecule has 1 saturated heterocycles. The average molecular weight is 387 g/mol. The molecule has 0 saturated carbocycles. The minimum atomic E-state index is -4.46. The van der Waals surface area contributed by atoms with Crippen LogP contribution in [0.15, 0.2) is 24.3 Å². The van der Waals surface area contributed by atoms with Gasteiger partial charge in [-0.3, -0.25) is 19.4 Å². The van der Waals surface area contributed by atoms with Crippen LogP contribution in [0.1, 0.15) is 25.3 Å². The molecule has 0 bridgehead atoms. The number of piperidine rings is 1. The van der Waals surface area contributed by atoms with E-state index in [1.165, 1.54) is 12.1 Å². The summed E-state index contributed by atoms with van der Waals surface area (Å²) in [6.45, 7) is 2.91. The van der Waals surface area contributed by atoms with Crippen molar-refractivity contribution in [1.29, 1.82) is 0 Å². The van der Waals surface area contributed by atoms with Crippen molar-refractivity contribution in [3.63, 3.8) is 0 Å². The van der Waals surface area contributed by atoms with Crippen LogP contribution in [0.3, 0.4) is 0 Å². The fraction of sp³-hybridized carbons (Fsp3) is 0.556. The van der Waals surface area contributed by atoms with E-state index in [1.807, 2.05) is 4.90 Å². The molecule has 0 aliphatic carbocycles. The first-order chi connectivity index (χ1) is 12.6. The SMILES string of the molecule is CC(C(=O)Nc1cccc(C(F)(F)F)c1)N1CCC(N(C)CC(=O)O)CC1. The highest BCUT2D eigenvalue weighted by Gasteiger charge is 2.31. The number of aliphatic carboxylic acids is 1. The summed E-state index contributed by atoms with van der Waals surface area (Å²) in [4.78, 5) is 26.9. The molecule has 9 heteroatoms. The van der Waals surface area contributed by atoms with E-state index in [-0.39, 0.29) is 24.2 Å². The van der Waals surface area contributed by atoms with E-state index < -0.39 is 23.8 Å². The maximum absolute atomic E-state index is 12.8. The molecule has 2 rings (SSSR count). The highest BCUT2D eigenvalue weighted by molar-refractivity contribution is 5.94. The smallest absolute Gasteiger partial charge is 0.416 e. The maximum Gasteiger partial charge on any atom is 0.416 e. The zero-order chi connectivity index (χ0) is 20.2. The molecule has 1 aliphatic heterocycles. The monoisotopic (exact) mass is 387 g/mol. The number of alkyl halides is 3. The topological polar surface area (TPSA) is 72.9 Å². The molecule has 1 atom stereocenters. The number of hydrogen-bond donors (Lipinski definition) is 2. The van der Waals surface area contributed by atoms with Gasteiger partial charge in [0.2, 0.25) is 5.91 Å². The summed E-state index contributed by atoms with van der Waals surface area (Å²) in [6.07, 6.45) is -3.01. The first-order valence-electron chi connectivity index (χ1n) is 8.72. The van der Waals surface area contributed by atoms with Crippen molar-refractivity contribution in [3.05, 3.63) is 29.8 Å². The normalized spacial score (nSPS) is 17.7. The summed E-state index contributed by atoms with van der Waals surface area (Å²) in [7, 11) is 1.76. The summed E-state index contributed by atoms with van der Waals surface area (Å²) in [5, 5.41) is 11.4. The van der Waals surface area contributed by atoms with Crippen molar-refractivity contribution in [1.82, 2.24) is 9.80 Å². The Morgan fingerprint density at radius 3 is 2.52 bits per heavy atom. The number of anilines is 1. The molecule has 1 amide bonds. The van der Waals surface area contributed by atoms with Crippen LogP contribution in [0, 0.1) is 0 Å². The summed E-state index contributed by atoms with van der Waals surface area (Å²) in [5.41, 5.74) is -0.701. The number of amides is 1. The van der Waals surface area contributed by atoms with Crippen LogP contribution in [0.2, 0.25) is 0 Å². The Bertz CT molecular complexity index is 673. The van der Waals surface area contributed by atoms with Crippen LogP contribution >= 0.6 is 0 Å². The van der Waals surface area contributed by atoms with Gasteiger partial charge in [-0.15, -0.1) is 0 Å². The Kier molecular flexibility index (Phi) is 6.83. The lowest BCUT2D eigenvalue weighted by Crippen LogP contribution is -2.50. The second-order valence-electron chi connectivity index (χ2n) is 6.82. The number of nitrogens with zero attached hydrogens (tertiary/aromatic N) is 2. The molecule has 0 spiro atoms. The highest BCUT2D eigenvalue weighted by Crippen LogP contribution is 2.30. The third kappa shape index (κ3) is 5.93. The Labute approximate surface area is 155 Å². The molecule has 0 radical (unpaired) electrons. The molecular formula is C18H24F3N3O3. The Morgan fingerprint density at radius 2 is 1.96 bits per heavy atom. The van der Waals surface area contributed by atoms with Gasteiger partial charge in [-0.2, -0.15) is 13.2 Å². The van der Waals surface area contributed by atoms with Crippen molar-refractivity contribution < 1.29 is 27.9 Å². The van der Waals surface area contributed by atoms with Crippen LogP contribution in [0.4, 0.5) is 18.9 Å². The van der Waals surface area contributed by atoms with Crippen molar-refractivity contribution in [2.45, 2.75) is 38.0 Å². The van der Waals surface area contributed by atoms with Crippen LogP contribution in [-0.4, -0.2) is 65.5 Å². The number of carbonyl (C=O) groups is 2. The van der Waals surface area contributed by atoms with Gasteiger partial charge in [-0.25, -0.2) is 0 Å². The van der Waals surface area contributed by atoms with E-state index >= 15 is 0 Å². The third-order valence-electron chi connectivity index (χ3n) is 4.89. The summed E-state index contributed by atoms with van der Waals surface area (Å²) >= 11 is 0. The second-order valence-corrected chi connectivity index (χ2v) is 6.82. The Hall–Kier alpha value is -2.13. The molecule has 1 heterocycles. The predicted molar refractivity (Wildman–Crippen MR) is 94.4 cm³/mol. The van der Waals surface area contributed by atoms with Gasteiger partial charge < -0.3 is 10.4 Å². The van der Waals surface area contributed by atoms with Crippen molar-refractivity contribution >= 4 is 17.6 Å². The third-order valence-corrected chi connectivity index (χ3v) is 4.89. The molecule has 1 aromatic carbocycles. The summed E-state index contributed by atoms with van der Waals surface area (Å²) < 4.78 is 38.3. The number of benzene rings is 1. The summed E-state index contributed by atoms with van der Waals surface area (Å²) in [5.74, 6) is -1.25. The molecule has 0 aromatic heterocycles. The number of nitrogens with one attached hydrogen (secondary N) is 1. The minimum absolute atomic E-state index is 0.0315. The Balaban J connectivity index is 1.90. The number of carboxylic acid groups (broad SMARTS) is 1. The molecule has 6 nitrogen and oxygen atoms in total. The van der Waals surface area contributed by atoms with Crippen LogP contribution in [0.25, 0.3) is 0 Å². The van der Waals surface area contributed by atoms with Crippen LogP contribution in [-0.2, 0) is 15.8 Å². The maximum atomic E-state index is 12.8. The van der Waals surface area contributed by atoms with Gasteiger partial charge in [0, 0.05) is 24.8 Å².